The van der Waals surface area contributed by atoms with Crippen LogP contribution in [0.1, 0.15) is 32.8 Å². The summed E-state index contributed by atoms with van der Waals surface area (Å²) in [6.45, 7) is 8.07. The number of halogens is 1. The highest BCUT2D eigenvalue weighted by molar-refractivity contribution is 6.36. The minimum Gasteiger partial charge on any atom is -0.465 e. The average molecular weight is 531 g/mol. The Balaban J connectivity index is 1.38. The molecule has 2 aliphatic rings. The van der Waals surface area contributed by atoms with Crippen LogP contribution in [-0.4, -0.2) is 55.5 Å². The van der Waals surface area contributed by atoms with Crippen molar-refractivity contribution in [1.29, 1.82) is 0 Å². The molecule has 6 rings (SSSR count). The van der Waals surface area contributed by atoms with Crippen LogP contribution in [-0.2, 0) is 6.54 Å². The first-order chi connectivity index (χ1) is 18.2. The number of anilines is 2. The van der Waals surface area contributed by atoms with E-state index in [1.54, 1.807) is 11.1 Å². The van der Waals surface area contributed by atoms with Gasteiger partial charge in [-0.15, -0.1) is 5.10 Å². The summed E-state index contributed by atoms with van der Waals surface area (Å²) in [6, 6.07) is 20.0. The van der Waals surface area contributed by atoms with Crippen molar-refractivity contribution in [3.8, 4) is 5.69 Å². The number of pyridine rings is 1. The summed E-state index contributed by atoms with van der Waals surface area (Å²) in [6.07, 6.45) is 1.69. The number of benzene rings is 2. The highest BCUT2D eigenvalue weighted by Gasteiger charge is 2.62. The van der Waals surface area contributed by atoms with E-state index in [4.69, 9.17) is 16.7 Å². The average Bonchev–Trinajstić information content (AvgIpc) is 3.59. The van der Waals surface area contributed by atoms with Gasteiger partial charge in [-0.05, 0) is 35.6 Å². The number of hydrogen-bond donors (Lipinski definition) is 2. The fraction of sp³-hybridized carbons (Fsp3) is 0.345. The zero-order valence-corrected chi connectivity index (χ0v) is 22.5. The van der Waals surface area contributed by atoms with Crippen molar-refractivity contribution in [2.45, 2.75) is 45.3 Å². The second-order valence-electron chi connectivity index (χ2n) is 11.3. The molecule has 2 atom stereocenters. The monoisotopic (exact) mass is 530 g/mol. The quantitative estimate of drug-likeness (QED) is 0.327. The van der Waals surface area contributed by atoms with Gasteiger partial charge in [-0.2, -0.15) is 0 Å². The van der Waals surface area contributed by atoms with Gasteiger partial charge >= 0.3 is 6.09 Å². The summed E-state index contributed by atoms with van der Waals surface area (Å²) in [5, 5.41) is 20.0. The second-order valence-corrected chi connectivity index (χ2v) is 11.7. The number of rotatable bonds is 5. The smallest absolute Gasteiger partial charge is 0.407 e. The van der Waals surface area contributed by atoms with Crippen LogP contribution >= 0.6 is 11.6 Å². The number of piperazine rings is 1. The maximum absolute atomic E-state index is 12.2. The number of carboxylic acid groups (broad SMARTS) is 1. The maximum Gasteiger partial charge on any atom is 0.407 e. The molecule has 2 N–H and O–H groups in total. The van der Waals surface area contributed by atoms with Crippen molar-refractivity contribution in [2.75, 3.05) is 23.3 Å². The van der Waals surface area contributed by atoms with Crippen LogP contribution in [0.25, 0.3) is 16.6 Å². The highest BCUT2D eigenvalue weighted by atomic mass is 35.5. The van der Waals surface area contributed by atoms with Gasteiger partial charge in [0.1, 0.15) is 5.82 Å². The SMILES string of the molecule is CC(C)(C)[C@]12C[C@@H](CN1C(=O)O)N(c1nn(-c3ccnc(NCc4ccccc4)c3)c3cccc(Cl)c13)C2. The molecule has 4 heterocycles. The molecule has 2 saturated heterocycles. The van der Waals surface area contributed by atoms with Crippen LogP contribution in [0.3, 0.4) is 0 Å². The summed E-state index contributed by atoms with van der Waals surface area (Å²) in [4.78, 5) is 20.6. The Labute approximate surface area is 226 Å². The lowest BCUT2D eigenvalue weighted by Crippen LogP contribution is -2.61. The van der Waals surface area contributed by atoms with Crippen molar-refractivity contribution in [3.63, 3.8) is 0 Å². The molecule has 2 aromatic carbocycles. The van der Waals surface area contributed by atoms with Crippen LogP contribution in [0.5, 0.6) is 0 Å². The molecule has 2 aliphatic heterocycles. The van der Waals surface area contributed by atoms with Gasteiger partial charge in [0.2, 0.25) is 0 Å². The highest BCUT2D eigenvalue weighted by Crippen LogP contribution is 2.52. The van der Waals surface area contributed by atoms with E-state index in [0.717, 1.165) is 34.6 Å². The van der Waals surface area contributed by atoms with E-state index in [2.05, 4.69) is 48.1 Å². The van der Waals surface area contributed by atoms with Gasteiger partial charge in [0.05, 0.1) is 33.2 Å². The van der Waals surface area contributed by atoms with Gasteiger partial charge in [-0.25, -0.2) is 14.5 Å². The molecule has 0 spiro atoms. The summed E-state index contributed by atoms with van der Waals surface area (Å²) in [5.74, 6) is 1.55. The summed E-state index contributed by atoms with van der Waals surface area (Å²) in [5.41, 5.74) is 2.21. The number of carbonyl (C=O) groups is 1. The molecule has 196 valence electrons. The van der Waals surface area contributed by atoms with Crippen molar-refractivity contribution in [1.82, 2.24) is 19.7 Å². The van der Waals surface area contributed by atoms with E-state index >= 15 is 0 Å². The first kappa shape index (κ1) is 24.6. The van der Waals surface area contributed by atoms with Crippen LogP contribution in [0.15, 0.2) is 66.9 Å². The molecule has 0 radical (unpaired) electrons. The Kier molecular flexibility index (Phi) is 5.76. The third-order valence-electron chi connectivity index (χ3n) is 8.20. The molecular formula is C29H31ClN6O2. The van der Waals surface area contributed by atoms with Crippen LogP contribution < -0.4 is 10.2 Å². The summed E-state index contributed by atoms with van der Waals surface area (Å²) < 4.78 is 1.91. The molecule has 2 fully saturated rings. The normalized spacial score (nSPS) is 20.9. The summed E-state index contributed by atoms with van der Waals surface area (Å²) in [7, 11) is 0. The fourth-order valence-corrected chi connectivity index (χ4v) is 6.37. The van der Waals surface area contributed by atoms with Crippen molar-refractivity contribution in [2.24, 2.45) is 5.41 Å². The van der Waals surface area contributed by atoms with Crippen molar-refractivity contribution in [3.05, 3.63) is 77.4 Å². The zero-order chi connectivity index (χ0) is 26.7. The lowest BCUT2D eigenvalue weighted by atomic mass is 9.73. The number of fused-ring (bicyclic) bond motifs is 3. The molecule has 8 nitrogen and oxygen atoms in total. The standard InChI is InChI=1S/C29H31ClN6O2/c1-28(2,3)29-15-21(17-35(29)27(37)38)34(18-29)26-25-22(30)10-7-11-23(25)36(33-26)20-12-13-31-24(14-20)32-16-19-8-5-4-6-9-19/h4-14,21H,15-18H2,1-3H3,(H,31,32)(H,37,38)/t21-,29+/m0/s1. The number of likely N-dealkylation sites (tertiary alicyclic amines) is 1. The molecule has 0 saturated carbocycles. The van der Waals surface area contributed by atoms with E-state index in [-0.39, 0.29) is 11.5 Å². The fourth-order valence-electron chi connectivity index (χ4n) is 6.12. The predicted molar refractivity (Wildman–Crippen MR) is 150 cm³/mol. The topological polar surface area (TPSA) is 86.5 Å². The molecule has 9 heteroatoms. The predicted octanol–water partition coefficient (Wildman–Crippen LogP) is 6.04. The largest absolute Gasteiger partial charge is 0.465 e. The Hall–Kier alpha value is -3.78. The van der Waals surface area contributed by atoms with E-state index in [1.165, 1.54) is 5.56 Å². The van der Waals surface area contributed by atoms with E-state index < -0.39 is 11.6 Å². The number of aromatic nitrogens is 3. The molecule has 38 heavy (non-hydrogen) atoms. The first-order valence-corrected chi connectivity index (χ1v) is 13.2. The Bertz CT molecular complexity index is 1510. The third-order valence-corrected chi connectivity index (χ3v) is 8.51. The van der Waals surface area contributed by atoms with E-state index in [9.17, 15) is 9.90 Å². The second kappa shape index (κ2) is 8.91. The minimum atomic E-state index is -0.859. The van der Waals surface area contributed by atoms with E-state index in [1.807, 2.05) is 53.2 Å². The van der Waals surface area contributed by atoms with Crippen LogP contribution in [0.4, 0.5) is 16.4 Å². The third kappa shape index (κ3) is 3.86. The minimum absolute atomic E-state index is 0.0358. The molecule has 0 aliphatic carbocycles. The molecular weight excluding hydrogens is 500 g/mol. The van der Waals surface area contributed by atoms with Crippen molar-refractivity contribution >= 4 is 40.2 Å². The first-order valence-electron chi connectivity index (χ1n) is 12.9. The van der Waals surface area contributed by atoms with E-state index in [0.29, 0.717) is 24.7 Å². The Morgan fingerprint density at radius 1 is 1.16 bits per heavy atom. The van der Waals surface area contributed by atoms with Crippen LogP contribution in [0.2, 0.25) is 5.02 Å². The molecule has 2 bridgehead atoms. The molecule has 2 aromatic heterocycles. The van der Waals surface area contributed by atoms with Gasteiger partial charge < -0.3 is 15.3 Å². The molecule has 1 amide bonds. The molecule has 4 aromatic rings. The molecule has 0 unspecified atom stereocenters. The van der Waals surface area contributed by atoms with Crippen LogP contribution in [0, 0.1) is 5.41 Å². The number of amides is 1. The van der Waals surface area contributed by atoms with Gasteiger partial charge in [-0.3, -0.25) is 4.90 Å². The number of hydrogen-bond acceptors (Lipinski definition) is 5. The number of nitrogens with zero attached hydrogens (tertiary/aromatic N) is 5. The number of nitrogens with one attached hydrogen (secondary N) is 1. The Morgan fingerprint density at radius 2 is 1.95 bits per heavy atom. The van der Waals surface area contributed by atoms with Crippen molar-refractivity contribution < 1.29 is 9.90 Å². The van der Waals surface area contributed by atoms with Gasteiger partial charge in [0.15, 0.2) is 5.82 Å². The van der Waals surface area contributed by atoms with Gasteiger partial charge in [-0.1, -0.05) is 68.8 Å². The van der Waals surface area contributed by atoms with Gasteiger partial charge in [0.25, 0.3) is 0 Å². The lowest BCUT2D eigenvalue weighted by molar-refractivity contribution is 0.0363. The summed E-state index contributed by atoms with van der Waals surface area (Å²) >= 11 is 6.79. The van der Waals surface area contributed by atoms with Gasteiger partial charge in [0, 0.05) is 31.9 Å². The Morgan fingerprint density at radius 3 is 2.68 bits per heavy atom. The lowest BCUT2D eigenvalue weighted by Gasteiger charge is -2.48. The zero-order valence-electron chi connectivity index (χ0n) is 21.7. The maximum atomic E-state index is 12.2.